The molecule has 0 aromatic carbocycles. The van der Waals surface area contributed by atoms with E-state index < -0.39 is 17.8 Å². The van der Waals surface area contributed by atoms with Gasteiger partial charge in [-0.15, -0.1) is 5.10 Å². The molecule has 11 heteroatoms. The average molecular weight is 419 g/mol. The van der Waals surface area contributed by atoms with Crippen molar-refractivity contribution in [3.63, 3.8) is 0 Å². The van der Waals surface area contributed by atoms with Gasteiger partial charge >= 0.3 is 12.2 Å². The van der Waals surface area contributed by atoms with E-state index in [9.17, 15) is 9.59 Å². The van der Waals surface area contributed by atoms with Crippen molar-refractivity contribution in [1.82, 2.24) is 15.1 Å². The van der Waals surface area contributed by atoms with Crippen molar-refractivity contribution in [1.29, 1.82) is 0 Å². The number of nitrogens with one attached hydrogen (secondary N) is 2. The van der Waals surface area contributed by atoms with Crippen LogP contribution in [0.15, 0.2) is 0 Å². The number of carbonyl (C=O) groups is 2. The van der Waals surface area contributed by atoms with E-state index >= 15 is 0 Å². The van der Waals surface area contributed by atoms with Gasteiger partial charge in [0.05, 0.1) is 12.6 Å². The quantitative estimate of drug-likeness (QED) is 0.580. The van der Waals surface area contributed by atoms with E-state index in [0.717, 1.165) is 12.8 Å². The zero-order chi connectivity index (χ0) is 20.7. The summed E-state index contributed by atoms with van der Waals surface area (Å²) >= 11 is 6.48. The second kappa shape index (κ2) is 9.83. The van der Waals surface area contributed by atoms with Crippen LogP contribution in [-0.4, -0.2) is 59.0 Å². The molecule has 2 rings (SSSR count). The largest absolute Gasteiger partial charge is 0.475 e. The van der Waals surface area contributed by atoms with Gasteiger partial charge in [-0.3, -0.25) is 5.32 Å². The second-order valence-corrected chi connectivity index (χ2v) is 7.68. The predicted octanol–water partition coefficient (Wildman–Crippen LogP) is 3.27. The van der Waals surface area contributed by atoms with Gasteiger partial charge < -0.3 is 24.6 Å². The zero-order valence-electron chi connectivity index (χ0n) is 16.3. The highest BCUT2D eigenvalue weighted by atomic mass is 35.5. The third-order valence-corrected chi connectivity index (χ3v) is 4.18. The average Bonchev–Trinajstić information content (AvgIpc) is 2.90. The van der Waals surface area contributed by atoms with Crippen molar-refractivity contribution in [2.45, 2.75) is 51.7 Å². The van der Waals surface area contributed by atoms with Crippen molar-refractivity contribution in [2.75, 3.05) is 31.7 Å². The van der Waals surface area contributed by atoms with Crippen LogP contribution in [0.4, 0.5) is 15.3 Å². The number of rotatable bonds is 7. The summed E-state index contributed by atoms with van der Waals surface area (Å²) in [7, 11) is 0. The van der Waals surface area contributed by atoms with Crippen LogP contribution < -0.4 is 15.4 Å². The summed E-state index contributed by atoms with van der Waals surface area (Å²) in [6, 6.07) is 0.0338. The minimum absolute atomic E-state index is 0.0338. The second-order valence-electron chi connectivity index (χ2n) is 7.32. The highest BCUT2D eigenvalue weighted by molar-refractivity contribution is 6.33. The standard InChI is InChI=1S/C17H27ClN4O6/c1-17(2,3)28-16(25)20-12-13(18)22(11-5-9-26-10-6-11)21-14(12)27-8-4-7-19-15(23)24/h11,19H,4-10H2,1-3H3,(H,20,25)(H,23,24). The van der Waals surface area contributed by atoms with Crippen LogP contribution in [0.1, 0.15) is 46.1 Å². The Morgan fingerprint density at radius 2 is 2.04 bits per heavy atom. The minimum Gasteiger partial charge on any atom is -0.475 e. The Labute approximate surface area is 168 Å². The molecule has 158 valence electrons. The van der Waals surface area contributed by atoms with Gasteiger partial charge in [-0.25, -0.2) is 14.3 Å². The summed E-state index contributed by atoms with van der Waals surface area (Å²) < 4.78 is 17.9. The van der Waals surface area contributed by atoms with Crippen LogP contribution in [0.5, 0.6) is 5.88 Å². The van der Waals surface area contributed by atoms with Crippen LogP contribution in [0.2, 0.25) is 5.15 Å². The van der Waals surface area contributed by atoms with Crippen LogP contribution in [-0.2, 0) is 9.47 Å². The highest BCUT2D eigenvalue weighted by Crippen LogP contribution is 2.36. The van der Waals surface area contributed by atoms with Crippen LogP contribution in [0.25, 0.3) is 0 Å². The lowest BCUT2D eigenvalue weighted by Crippen LogP contribution is -2.27. The molecule has 1 fully saturated rings. The normalized spacial score (nSPS) is 15.1. The molecule has 2 amide bonds. The van der Waals surface area contributed by atoms with Crippen molar-refractivity contribution >= 4 is 29.5 Å². The van der Waals surface area contributed by atoms with E-state index in [1.165, 1.54) is 0 Å². The Morgan fingerprint density at radius 3 is 2.64 bits per heavy atom. The molecule has 1 aliphatic rings. The van der Waals surface area contributed by atoms with Gasteiger partial charge in [0.2, 0.25) is 0 Å². The smallest absolute Gasteiger partial charge is 0.412 e. The Balaban J connectivity index is 2.12. The number of amides is 2. The van der Waals surface area contributed by atoms with Crippen LogP contribution >= 0.6 is 11.6 Å². The SMILES string of the molecule is CC(C)(C)OC(=O)Nc1c(OCCCNC(=O)O)nn(C2CCOCC2)c1Cl. The fraction of sp³-hybridized carbons (Fsp3) is 0.706. The van der Waals surface area contributed by atoms with Crippen LogP contribution in [0.3, 0.4) is 0 Å². The fourth-order valence-electron chi connectivity index (χ4n) is 2.61. The number of aromatic nitrogens is 2. The van der Waals surface area contributed by atoms with Gasteiger partial charge in [0.15, 0.2) is 5.15 Å². The molecule has 0 unspecified atom stereocenters. The molecule has 2 heterocycles. The molecule has 1 aromatic rings. The first-order chi connectivity index (χ1) is 13.2. The highest BCUT2D eigenvalue weighted by Gasteiger charge is 2.27. The number of hydrogen-bond acceptors (Lipinski definition) is 6. The first-order valence-corrected chi connectivity index (χ1v) is 9.50. The summed E-state index contributed by atoms with van der Waals surface area (Å²) in [6.45, 7) is 6.91. The van der Waals surface area contributed by atoms with Crippen molar-refractivity contribution in [2.24, 2.45) is 0 Å². The molecule has 0 radical (unpaired) electrons. The topological polar surface area (TPSA) is 124 Å². The van der Waals surface area contributed by atoms with E-state index in [0.29, 0.717) is 19.6 Å². The lowest BCUT2D eigenvalue weighted by atomic mass is 10.1. The van der Waals surface area contributed by atoms with Crippen LogP contribution in [0, 0.1) is 0 Å². The molecule has 0 saturated carbocycles. The predicted molar refractivity (Wildman–Crippen MR) is 102 cm³/mol. The maximum absolute atomic E-state index is 12.2. The molecule has 1 aromatic heterocycles. The molecule has 0 aliphatic carbocycles. The van der Waals surface area contributed by atoms with E-state index in [2.05, 4.69) is 15.7 Å². The number of nitrogens with zero attached hydrogens (tertiary/aromatic N) is 2. The number of hydrogen-bond donors (Lipinski definition) is 3. The van der Waals surface area contributed by atoms with Gasteiger partial charge in [0.1, 0.15) is 11.3 Å². The molecule has 10 nitrogen and oxygen atoms in total. The maximum atomic E-state index is 12.2. The fourth-order valence-corrected chi connectivity index (χ4v) is 2.92. The monoisotopic (exact) mass is 418 g/mol. The third-order valence-electron chi connectivity index (χ3n) is 3.82. The van der Waals surface area contributed by atoms with Gasteiger partial charge in [-0.1, -0.05) is 11.6 Å². The minimum atomic E-state index is -1.10. The Kier molecular flexibility index (Phi) is 7.76. The number of ether oxygens (including phenoxy) is 3. The molecule has 0 atom stereocenters. The first kappa shape index (κ1) is 22.1. The third kappa shape index (κ3) is 6.75. The molecule has 0 bridgehead atoms. The van der Waals surface area contributed by atoms with E-state index in [1.807, 2.05) is 0 Å². The summed E-state index contributed by atoms with van der Waals surface area (Å²) in [5, 5.41) is 18.1. The lowest BCUT2D eigenvalue weighted by molar-refractivity contribution is 0.0633. The molecule has 0 spiro atoms. The lowest BCUT2D eigenvalue weighted by Gasteiger charge is -2.23. The van der Waals surface area contributed by atoms with Gasteiger partial charge in [-0.2, -0.15) is 0 Å². The van der Waals surface area contributed by atoms with E-state index in [4.69, 9.17) is 30.9 Å². The number of halogens is 1. The van der Waals surface area contributed by atoms with Gasteiger partial charge in [0, 0.05) is 19.8 Å². The molecule has 3 N–H and O–H groups in total. The number of anilines is 1. The maximum Gasteiger partial charge on any atom is 0.412 e. The van der Waals surface area contributed by atoms with Crippen molar-refractivity contribution < 1.29 is 28.9 Å². The summed E-state index contributed by atoms with van der Waals surface area (Å²) in [6.07, 6.45) is 0.155. The Morgan fingerprint density at radius 1 is 1.36 bits per heavy atom. The molecular formula is C17H27ClN4O6. The molecular weight excluding hydrogens is 392 g/mol. The summed E-state index contributed by atoms with van der Waals surface area (Å²) in [5.74, 6) is 0.165. The number of carboxylic acid groups (broad SMARTS) is 1. The van der Waals surface area contributed by atoms with Gasteiger partial charge in [-0.05, 0) is 40.0 Å². The Bertz CT molecular complexity index is 682. The van der Waals surface area contributed by atoms with E-state index in [-0.39, 0.29) is 35.9 Å². The Hall–Kier alpha value is -2.20. The molecule has 1 aliphatic heterocycles. The van der Waals surface area contributed by atoms with Gasteiger partial charge in [0.25, 0.3) is 5.88 Å². The molecule has 1 saturated heterocycles. The van der Waals surface area contributed by atoms with E-state index in [1.54, 1.807) is 25.5 Å². The first-order valence-electron chi connectivity index (χ1n) is 9.12. The summed E-state index contributed by atoms with van der Waals surface area (Å²) in [4.78, 5) is 22.7. The van der Waals surface area contributed by atoms with Crippen molar-refractivity contribution in [3.8, 4) is 5.88 Å². The van der Waals surface area contributed by atoms with Crippen molar-refractivity contribution in [3.05, 3.63) is 5.15 Å². The number of carbonyl (C=O) groups excluding carboxylic acids is 1. The zero-order valence-corrected chi connectivity index (χ0v) is 17.0. The summed E-state index contributed by atoms with van der Waals surface area (Å²) in [5.41, 5.74) is -0.440. The molecule has 28 heavy (non-hydrogen) atoms.